The molecule has 0 fully saturated rings. The molecule has 1 rings (SSSR count). The van der Waals surface area contributed by atoms with E-state index in [0.717, 1.165) is 6.42 Å². The van der Waals surface area contributed by atoms with Crippen molar-refractivity contribution < 1.29 is 14.3 Å². The molecule has 0 amide bonds. The minimum atomic E-state index is -1.87. The largest absolute Gasteiger partial charge is 0.414 e. The molecule has 0 aliphatic carbocycles. The molecule has 0 aliphatic rings. The molecule has 4 heteroatoms. The van der Waals surface area contributed by atoms with Crippen LogP contribution >= 0.6 is 0 Å². The van der Waals surface area contributed by atoms with E-state index in [2.05, 4.69) is 52.6 Å². The Morgan fingerprint density at radius 2 is 1.84 bits per heavy atom. The lowest BCUT2D eigenvalue weighted by Crippen LogP contribution is -2.44. The Bertz CT molecular complexity index is 494. The van der Waals surface area contributed by atoms with Crippen molar-refractivity contribution in [1.29, 1.82) is 0 Å². The van der Waals surface area contributed by atoms with E-state index in [1.807, 2.05) is 18.2 Å². The molecule has 0 bridgehead atoms. The van der Waals surface area contributed by atoms with Crippen LogP contribution < -0.4 is 0 Å². The van der Waals surface area contributed by atoms with E-state index in [4.69, 9.17) is 9.16 Å². The molecule has 0 unspecified atom stereocenters. The summed E-state index contributed by atoms with van der Waals surface area (Å²) in [6.07, 6.45) is 3.41. The first-order chi connectivity index (χ1) is 11.7. The highest BCUT2D eigenvalue weighted by atomic mass is 28.4. The number of benzene rings is 1. The fourth-order valence-corrected chi connectivity index (χ4v) is 3.79. The van der Waals surface area contributed by atoms with Gasteiger partial charge in [0.25, 0.3) is 0 Å². The van der Waals surface area contributed by atoms with Gasteiger partial charge >= 0.3 is 0 Å². The minimum Gasteiger partial charge on any atom is -0.414 e. The van der Waals surface area contributed by atoms with Crippen LogP contribution in [0.5, 0.6) is 0 Å². The Balaban J connectivity index is 2.56. The van der Waals surface area contributed by atoms with Crippen LogP contribution in [0, 0.1) is 0 Å². The standard InChI is InChI=1S/C21H36O3Si/c1-7-11-19(22)16-20(24-25(5,6)21(2,3)4)14-15-23-17-18-12-9-8-10-13-18/h7-10,12-13,19-20,22H,1,11,14-17H2,2-6H3/t19-,20+/m1/s1. The van der Waals surface area contributed by atoms with Gasteiger partial charge in [0.1, 0.15) is 0 Å². The van der Waals surface area contributed by atoms with E-state index >= 15 is 0 Å². The Morgan fingerprint density at radius 3 is 2.40 bits per heavy atom. The van der Waals surface area contributed by atoms with Crippen LogP contribution in [0.15, 0.2) is 43.0 Å². The minimum absolute atomic E-state index is 0.0200. The molecule has 0 spiro atoms. The molecule has 0 saturated heterocycles. The predicted molar refractivity (Wildman–Crippen MR) is 108 cm³/mol. The van der Waals surface area contributed by atoms with Gasteiger partial charge in [-0.05, 0) is 43.0 Å². The molecule has 1 aromatic carbocycles. The zero-order valence-electron chi connectivity index (χ0n) is 16.6. The van der Waals surface area contributed by atoms with Gasteiger partial charge in [0.05, 0.1) is 12.7 Å². The van der Waals surface area contributed by atoms with Crippen LogP contribution in [0.1, 0.15) is 45.6 Å². The average molecular weight is 365 g/mol. The van der Waals surface area contributed by atoms with Gasteiger partial charge in [-0.1, -0.05) is 57.2 Å². The van der Waals surface area contributed by atoms with E-state index < -0.39 is 14.4 Å². The first-order valence-electron chi connectivity index (χ1n) is 9.24. The van der Waals surface area contributed by atoms with Gasteiger partial charge in [0.2, 0.25) is 0 Å². The Hall–Kier alpha value is -0.943. The van der Waals surface area contributed by atoms with E-state index in [1.165, 1.54) is 5.56 Å². The molecule has 0 aromatic heterocycles. The maximum absolute atomic E-state index is 10.2. The topological polar surface area (TPSA) is 38.7 Å². The third-order valence-corrected chi connectivity index (χ3v) is 9.47. The predicted octanol–water partition coefficient (Wildman–Crippen LogP) is 5.31. The number of ether oxygens (including phenoxy) is 1. The normalized spacial score (nSPS) is 15.0. The quantitative estimate of drug-likeness (QED) is 0.328. The van der Waals surface area contributed by atoms with Crippen LogP contribution in [0.3, 0.4) is 0 Å². The third kappa shape index (κ3) is 8.32. The molecule has 0 radical (unpaired) electrons. The Morgan fingerprint density at radius 1 is 1.20 bits per heavy atom. The molecule has 2 atom stereocenters. The second kappa shape index (κ2) is 10.3. The van der Waals surface area contributed by atoms with Gasteiger partial charge in [-0.2, -0.15) is 0 Å². The van der Waals surface area contributed by atoms with Gasteiger partial charge in [0.15, 0.2) is 8.32 Å². The summed E-state index contributed by atoms with van der Waals surface area (Å²) in [5.41, 5.74) is 1.18. The van der Waals surface area contributed by atoms with Crippen molar-refractivity contribution in [3.8, 4) is 0 Å². The van der Waals surface area contributed by atoms with Crippen molar-refractivity contribution in [2.45, 2.75) is 77.0 Å². The van der Waals surface area contributed by atoms with Gasteiger partial charge in [0, 0.05) is 12.7 Å². The zero-order valence-corrected chi connectivity index (χ0v) is 17.6. The molecule has 1 N–H and O–H groups in total. The lowest BCUT2D eigenvalue weighted by Gasteiger charge is -2.39. The summed E-state index contributed by atoms with van der Waals surface area (Å²) in [5.74, 6) is 0. The van der Waals surface area contributed by atoms with Gasteiger partial charge in [-0.15, -0.1) is 6.58 Å². The van der Waals surface area contributed by atoms with E-state index in [0.29, 0.717) is 26.1 Å². The van der Waals surface area contributed by atoms with E-state index in [1.54, 1.807) is 6.08 Å². The summed E-state index contributed by atoms with van der Waals surface area (Å²) in [6, 6.07) is 10.2. The maximum atomic E-state index is 10.2. The van der Waals surface area contributed by atoms with Gasteiger partial charge < -0.3 is 14.3 Å². The summed E-state index contributed by atoms with van der Waals surface area (Å²) >= 11 is 0. The summed E-state index contributed by atoms with van der Waals surface area (Å²) < 4.78 is 12.4. The Labute approximate surface area is 155 Å². The van der Waals surface area contributed by atoms with Crippen molar-refractivity contribution in [2.24, 2.45) is 0 Å². The first kappa shape index (κ1) is 22.1. The first-order valence-corrected chi connectivity index (χ1v) is 12.1. The number of rotatable bonds is 11. The molecule has 0 aliphatic heterocycles. The van der Waals surface area contributed by atoms with Crippen LogP contribution in [0.2, 0.25) is 18.1 Å². The highest BCUT2D eigenvalue weighted by Crippen LogP contribution is 2.38. The average Bonchev–Trinajstić information content (AvgIpc) is 2.51. The molecule has 3 nitrogen and oxygen atoms in total. The van der Waals surface area contributed by atoms with Crippen molar-refractivity contribution in [1.82, 2.24) is 0 Å². The highest BCUT2D eigenvalue weighted by molar-refractivity contribution is 6.74. The summed E-state index contributed by atoms with van der Waals surface area (Å²) in [6.45, 7) is 16.2. The monoisotopic (exact) mass is 364 g/mol. The maximum Gasteiger partial charge on any atom is 0.192 e. The van der Waals surface area contributed by atoms with Crippen LogP contribution in [-0.4, -0.2) is 32.2 Å². The second-order valence-corrected chi connectivity index (χ2v) is 13.0. The van der Waals surface area contributed by atoms with Gasteiger partial charge in [-0.25, -0.2) is 0 Å². The molecule has 0 heterocycles. The summed E-state index contributed by atoms with van der Waals surface area (Å²) in [4.78, 5) is 0. The number of hydrogen-bond donors (Lipinski definition) is 1. The number of aliphatic hydroxyl groups is 1. The third-order valence-electron chi connectivity index (χ3n) is 4.94. The van der Waals surface area contributed by atoms with Gasteiger partial charge in [-0.3, -0.25) is 0 Å². The van der Waals surface area contributed by atoms with Crippen LogP contribution in [0.25, 0.3) is 0 Å². The van der Waals surface area contributed by atoms with Crippen LogP contribution in [-0.2, 0) is 15.8 Å². The molecule has 0 saturated carbocycles. The van der Waals surface area contributed by atoms with Crippen molar-refractivity contribution in [3.05, 3.63) is 48.6 Å². The molecule has 142 valence electrons. The molecule has 25 heavy (non-hydrogen) atoms. The Kier molecular flexibility index (Phi) is 9.07. The fourth-order valence-electron chi connectivity index (χ4n) is 2.39. The van der Waals surface area contributed by atoms with E-state index in [9.17, 15) is 5.11 Å². The molecular formula is C21H36O3Si. The molecule has 1 aromatic rings. The lowest BCUT2D eigenvalue weighted by atomic mass is 10.1. The zero-order chi connectivity index (χ0) is 18.9. The second-order valence-electron chi connectivity index (χ2n) is 8.24. The van der Waals surface area contributed by atoms with Crippen LogP contribution in [0.4, 0.5) is 0 Å². The van der Waals surface area contributed by atoms with Crippen molar-refractivity contribution in [2.75, 3.05) is 6.61 Å². The number of aliphatic hydroxyl groups excluding tert-OH is 1. The smallest absolute Gasteiger partial charge is 0.192 e. The summed E-state index contributed by atoms with van der Waals surface area (Å²) in [7, 11) is -1.87. The lowest BCUT2D eigenvalue weighted by molar-refractivity contribution is 0.0475. The fraction of sp³-hybridized carbons (Fsp3) is 0.619. The summed E-state index contributed by atoms with van der Waals surface area (Å²) in [5, 5.41) is 10.3. The highest BCUT2D eigenvalue weighted by Gasteiger charge is 2.39. The SMILES string of the molecule is C=CC[C@@H](O)C[C@H](CCOCc1ccccc1)O[Si](C)(C)C(C)(C)C. The van der Waals surface area contributed by atoms with Crippen molar-refractivity contribution >= 4 is 8.32 Å². The van der Waals surface area contributed by atoms with E-state index in [-0.39, 0.29) is 11.1 Å². The number of hydrogen-bond acceptors (Lipinski definition) is 3. The van der Waals surface area contributed by atoms with Crippen molar-refractivity contribution in [3.63, 3.8) is 0 Å². The molecular weight excluding hydrogens is 328 g/mol.